The van der Waals surface area contributed by atoms with E-state index in [0.717, 1.165) is 16.7 Å². The van der Waals surface area contributed by atoms with Crippen LogP contribution in [0.2, 0.25) is 0 Å². The Morgan fingerprint density at radius 1 is 1.33 bits per heavy atom. The minimum Gasteiger partial charge on any atom is -0.456 e. The smallest absolute Gasteiger partial charge is 0.338 e. The summed E-state index contributed by atoms with van der Waals surface area (Å²) in [6, 6.07) is 7.30. The average molecular weight is 364 g/mol. The maximum absolute atomic E-state index is 11.7. The van der Waals surface area contributed by atoms with Crippen molar-refractivity contribution in [1.82, 2.24) is 0 Å². The number of benzene rings is 1. The number of hydrogen-bond donors (Lipinski definition) is 2. The fourth-order valence-corrected chi connectivity index (χ4v) is 1.95. The van der Waals surface area contributed by atoms with Crippen molar-refractivity contribution in [3.8, 4) is 0 Å². The van der Waals surface area contributed by atoms with Crippen LogP contribution in [0.25, 0.3) is 0 Å². The Hall–Kier alpha value is -0.660. The predicted molar refractivity (Wildman–Crippen MR) is 77.8 cm³/mol. The lowest BCUT2D eigenvalue weighted by molar-refractivity contribution is -0.898. The maximum Gasteiger partial charge on any atom is 0.338 e. The molecule has 0 amide bonds. The van der Waals surface area contributed by atoms with Crippen LogP contribution in [-0.2, 0) is 4.74 Å². The van der Waals surface area contributed by atoms with Gasteiger partial charge in [-0.15, -0.1) is 0 Å². The van der Waals surface area contributed by atoms with E-state index in [1.165, 1.54) is 4.90 Å². The largest absolute Gasteiger partial charge is 0.456 e. The van der Waals surface area contributed by atoms with Gasteiger partial charge in [0.2, 0.25) is 0 Å². The summed E-state index contributed by atoms with van der Waals surface area (Å²) in [5.41, 5.74) is 0.579. The standard InChI is InChI=1S/C13H18INO3/c1-2-15(7-9-16)8-10-18-13(17)11-3-5-12(14)6-4-11/h3-6,16H,2,7-10H2,1H3/p+1. The van der Waals surface area contributed by atoms with Crippen LogP contribution in [-0.4, -0.2) is 43.9 Å². The molecule has 4 nitrogen and oxygen atoms in total. The quantitative estimate of drug-likeness (QED) is 0.542. The first-order valence-electron chi connectivity index (χ1n) is 6.04. The number of esters is 1. The Labute approximate surface area is 121 Å². The third-order valence-corrected chi connectivity index (χ3v) is 3.45. The number of aliphatic hydroxyl groups is 1. The van der Waals surface area contributed by atoms with Gasteiger partial charge < -0.3 is 14.7 Å². The van der Waals surface area contributed by atoms with Gasteiger partial charge in [-0.05, 0) is 53.8 Å². The molecular formula is C13H19INO3+. The summed E-state index contributed by atoms with van der Waals surface area (Å²) in [5.74, 6) is -0.286. The Morgan fingerprint density at radius 3 is 2.56 bits per heavy atom. The van der Waals surface area contributed by atoms with Crippen LogP contribution >= 0.6 is 22.6 Å². The van der Waals surface area contributed by atoms with Crippen LogP contribution in [0.1, 0.15) is 17.3 Å². The van der Waals surface area contributed by atoms with Crippen molar-refractivity contribution >= 4 is 28.6 Å². The first kappa shape index (κ1) is 15.4. The molecule has 1 aromatic carbocycles. The van der Waals surface area contributed by atoms with Crippen molar-refractivity contribution in [2.24, 2.45) is 0 Å². The number of quaternary nitrogens is 1. The molecule has 0 aliphatic rings. The molecule has 1 rings (SSSR count). The fraction of sp³-hybridized carbons (Fsp3) is 0.462. The van der Waals surface area contributed by atoms with Crippen LogP contribution < -0.4 is 4.90 Å². The van der Waals surface area contributed by atoms with Crippen LogP contribution in [0.4, 0.5) is 0 Å². The lowest BCUT2D eigenvalue weighted by Crippen LogP contribution is -3.12. The van der Waals surface area contributed by atoms with Crippen molar-refractivity contribution in [2.75, 3.05) is 32.8 Å². The lowest BCUT2D eigenvalue weighted by atomic mass is 10.2. The Morgan fingerprint density at radius 2 is 2.00 bits per heavy atom. The predicted octanol–water partition coefficient (Wildman–Crippen LogP) is 0.345. The molecule has 1 unspecified atom stereocenters. The third kappa shape index (κ3) is 5.32. The Kier molecular flexibility index (Phi) is 7.22. The zero-order chi connectivity index (χ0) is 13.4. The van der Waals surface area contributed by atoms with Crippen molar-refractivity contribution in [3.63, 3.8) is 0 Å². The van der Waals surface area contributed by atoms with Gasteiger partial charge in [0, 0.05) is 3.57 Å². The SMILES string of the molecule is CC[NH+](CCO)CCOC(=O)c1ccc(I)cc1. The fourth-order valence-electron chi connectivity index (χ4n) is 1.59. The highest BCUT2D eigenvalue weighted by Crippen LogP contribution is 2.07. The number of halogens is 1. The molecule has 0 aromatic heterocycles. The number of nitrogens with one attached hydrogen (secondary N) is 1. The second kappa shape index (κ2) is 8.44. The molecule has 0 bridgehead atoms. The van der Waals surface area contributed by atoms with E-state index in [0.29, 0.717) is 18.7 Å². The minimum absolute atomic E-state index is 0.161. The van der Waals surface area contributed by atoms with E-state index >= 15 is 0 Å². The molecular weight excluding hydrogens is 345 g/mol. The number of aliphatic hydroxyl groups excluding tert-OH is 1. The molecule has 18 heavy (non-hydrogen) atoms. The van der Waals surface area contributed by atoms with Crippen molar-refractivity contribution in [2.45, 2.75) is 6.92 Å². The zero-order valence-corrected chi connectivity index (χ0v) is 12.6. The van der Waals surface area contributed by atoms with E-state index in [1.54, 1.807) is 12.1 Å². The normalized spacial score (nSPS) is 12.2. The van der Waals surface area contributed by atoms with E-state index in [9.17, 15) is 4.79 Å². The molecule has 0 saturated heterocycles. The Balaban J connectivity index is 2.35. The molecule has 1 atom stereocenters. The van der Waals surface area contributed by atoms with Crippen LogP contribution in [0.5, 0.6) is 0 Å². The van der Waals surface area contributed by atoms with E-state index < -0.39 is 0 Å². The summed E-state index contributed by atoms with van der Waals surface area (Å²) in [5, 5.41) is 8.85. The molecule has 100 valence electrons. The molecule has 5 heteroatoms. The average Bonchev–Trinajstić information content (AvgIpc) is 2.38. The van der Waals surface area contributed by atoms with E-state index in [4.69, 9.17) is 9.84 Å². The first-order chi connectivity index (χ1) is 8.67. The number of carbonyl (C=O) groups excluding carboxylic acids is 1. The zero-order valence-electron chi connectivity index (χ0n) is 10.5. The van der Waals surface area contributed by atoms with Gasteiger partial charge in [0.05, 0.1) is 18.7 Å². The van der Waals surface area contributed by atoms with Crippen molar-refractivity contribution < 1.29 is 19.5 Å². The van der Waals surface area contributed by atoms with Crippen LogP contribution in [0.3, 0.4) is 0 Å². The van der Waals surface area contributed by atoms with Gasteiger partial charge in [0.25, 0.3) is 0 Å². The van der Waals surface area contributed by atoms with E-state index in [2.05, 4.69) is 22.6 Å². The second-order valence-corrected chi connectivity index (χ2v) is 5.22. The van der Waals surface area contributed by atoms with Gasteiger partial charge in [0.15, 0.2) is 0 Å². The number of ether oxygens (including phenoxy) is 1. The molecule has 0 saturated carbocycles. The summed E-state index contributed by atoms with van der Waals surface area (Å²) in [7, 11) is 0. The van der Waals surface area contributed by atoms with Gasteiger partial charge in [-0.1, -0.05) is 0 Å². The van der Waals surface area contributed by atoms with Crippen molar-refractivity contribution in [1.29, 1.82) is 0 Å². The maximum atomic E-state index is 11.7. The summed E-state index contributed by atoms with van der Waals surface area (Å²) in [4.78, 5) is 12.9. The number of hydrogen-bond acceptors (Lipinski definition) is 3. The number of rotatable bonds is 7. The summed E-state index contributed by atoms with van der Waals surface area (Å²) >= 11 is 2.19. The van der Waals surface area contributed by atoms with Gasteiger partial charge >= 0.3 is 5.97 Å². The number of carbonyl (C=O) groups is 1. The molecule has 0 heterocycles. The van der Waals surface area contributed by atoms with Crippen LogP contribution in [0, 0.1) is 3.57 Å². The van der Waals surface area contributed by atoms with E-state index in [1.807, 2.05) is 19.1 Å². The second-order valence-electron chi connectivity index (χ2n) is 3.97. The monoisotopic (exact) mass is 364 g/mol. The van der Waals surface area contributed by atoms with E-state index in [-0.39, 0.29) is 12.6 Å². The number of likely N-dealkylation sites (N-methyl/N-ethyl adjacent to an activating group) is 1. The molecule has 0 fully saturated rings. The van der Waals surface area contributed by atoms with Gasteiger partial charge in [-0.2, -0.15) is 0 Å². The lowest BCUT2D eigenvalue weighted by Gasteiger charge is -2.16. The summed E-state index contributed by atoms with van der Waals surface area (Å²) in [6.45, 7) is 4.93. The molecule has 0 spiro atoms. The molecule has 0 aliphatic carbocycles. The molecule has 0 radical (unpaired) electrons. The minimum atomic E-state index is -0.286. The molecule has 0 aliphatic heterocycles. The highest BCUT2D eigenvalue weighted by atomic mass is 127. The highest BCUT2D eigenvalue weighted by Gasteiger charge is 2.09. The first-order valence-corrected chi connectivity index (χ1v) is 7.12. The summed E-state index contributed by atoms with van der Waals surface area (Å²) in [6.07, 6.45) is 0. The van der Waals surface area contributed by atoms with Gasteiger partial charge in [-0.25, -0.2) is 4.79 Å². The topological polar surface area (TPSA) is 51.0 Å². The Bertz CT molecular complexity index is 367. The molecule has 2 N–H and O–H groups in total. The van der Waals surface area contributed by atoms with Crippen LogP contribution in [0.15, 0.2) is 24.3 Å². The third-order valence-electron chi connectivity index (χ3n) is 2.73. The highest BCUT2D eigenvalue weighted by molar-refractivity contribution is 14.1. The van der Waals surface area contributed by atoms with Gasteiger partial charge in [0.1, 0.15) is 19.7 Å². The summed E-state index contributed by atoms with van der Waals surface area (Å²) < 4.78 is 6.29. The van der Waals surface area contributed by atoms with Crippen molar-refractivity contribution in [3.05, 3.63) is 33.4 Å². The van der Waals surface area contributed by atoms with Gasteiger partial charge in [-0.3, -0.25) is 0 Å². The molecule has 1 aromatic rings.